The molecule has 1 aliphatic heterocycles. The number of hydrogen-bond acceptors (Lipinski definition) is 5. The van der Waals surface area contributed by atoms with Crippen molar-refractivity contribution in [3.05, 3.63) is 89.6 Å². The van der Waals surface area contributed by atoms with E-state index >= 15 is 0 Å². The van der Waals surface area contributed by atoms with Gasteiger partial charge in [0.2, 0.25) is 0 Å². The minimum absolute atomic E-state index is 0.0690. The van der Waals surface area contributed by atoms with Gasteiger partial charge in [-0.2, -0.15) is 0 Å². The van der Waals surface area contributed by atoms with Crippen LogP contribution in [-0.2, 0) is 6.42 Å². The first kappa shape index (κ1) is 24.2. The molecule has 0 aromatic heterocycles. The zero-order valence-electron chi connectivity index (χ0n) is 19.9. The fraction of sp³-hybridized carbons (Fsp3) is 0.286. The topological polar surface area (TPSA) is 49.0 Å². The molecule has 2 aromatic carbocycles. The summed E-state index contributed by atoms with van der Waals surface area (Å²) in [6.07, 6.45) is 12.8. The van der Waals surface area contributed by atoms with Gasteiger partial charge in [-0.25, -0.2) is 0 Å². The molecule has 3 rings (SSSR count). The van der Waals surface area contributed by atoms with Crippen molar-refractivity contribution >= 4 is 6.08 Å². The number of methoxy groups -OCH3 is 3. The third-order valence-electron chi connectivity index (χ3n) is 5.46. The molecule has 2 aromatic rings. The van der Waals surface area contributed by atoms with Crippen molar-refractivity contribution < 1.29 is 18.9 Å². The molecule has 1 aliphatic rings. The van der Waals surface area contributed by atoms with Gasteiger partial charge in [-0.05, 0) is 59.9 Å². The molecule has 0 amide bonds. The molecule has 0 aliphatic carbocycles. The molecule has 0 spiro atoms. The highest BCUT2D eigenvalue weighted by Crippen LogP contribution is 2.36. The summed E-state index contributed by atoms with van der Waals surface area (Å²) in [5, 5.41) is 3.58. The number of nitrogens with one attached hydrogen (secondary N) is 1. The van der Waals surface area contributed by atoms with Crippen LogP contribution in [0, 0.1) is 0 Å². The molecule has 0 saturated carbocycles. The second kappa shape index (κ2) is 12.0. The first-order chi connectivity index (χ1) is 16.1. The van der Waals surface area contributed by atoms with Crippen LogP contribution in [0.15, 0.2) is 72.9 Å². The quantitative estimate of drug-likeness (QED) is 0.475. The zero-order chi connectivity index (χ0) is 23.6. The van der Waals surface area contributed by atoms with E-state index in [0.717, 1.165) is 47.1 Å². The monoisotopic (exact) mass is 447 g/mol. The summed E-state index contributed by atoms with van der Waals surface area (Å²) in [5.74, 6) is 3.02. The predicted molar refractivity (Wildman–Crippen MR) is 135 cm³/mol. The number of fused-ring (bicyclic) bond motifs is 1. The molecule has 1 heterocycles. The molecule has 0 radical (unpaired) electrons. The van der Waals surface area contributed by atoms with E-state index in [0.29, 0.717) is 6.61 Å². The summed E-state index contributed by atoms with van der Waals surface area (Å²) in [5.41, 5.74) is 4.58. The standard InChI is InChI=1S/C28H33NO4/c1-6-7-8-9-20(2)19-33-28-16-22-12-13-29-26(25(22)18-27(28)32-5)11-10-21-14-23(30-3)17-24(15-21)31-4/h6-11,14-18,26,29H,1,12-13,19H2,2-5H3/b8-7-,11-10+,20-9+. The Morgan fingerprint density at radius 2 is 1.76 bits per heavy atom. The van der Waals surface area contributed by atoms with E-state index in [1.165, 1.54) is 11.1 Å². The Labute approximate surface area is 197 Å². The molecule has 0 bridgehead atoms. The average Bonchev–Trinajstić information content (AvgIpc) is 2.85. The highest BCUT2D eigenvalue weighted by atomic mass is 16.5. The van der Waals surface area contributed by atoms with Crippen molar-refractivity contribution in [2.24, 2.45) is 0 Å². The highest BCUT2D eigenvalue weighted by molar-refractivity contribution is 5.58. The second-order valence-corrected chi connectivity index (χ2v) is 7.81. The van der Waals surface area contributed by atoms with Gasteiger partial charge in [-0.3, -0.25) is 0 Å². The lowest BCUT2D eigenvalue weighted by atomic mass is 9.93. The largest absolute Gasteiger partial charge is 0.497 e. The van der Waals surface area contributed by atoms with Gasteiger partial charge in [0.05, 0.1) is 27.4 Å². The van der Waals surface area contributed by atoms with Crippen LogP contribution in [0.1, 0.15) is 29.7 Å². The third kappa shape index (κ3) is 6.53. The van der Waals surface area contributed by atoms with E-state index in [4.69, 9.17) is 18.9 Å². The minimum Gasteiger partial charge on any atom is -0.497 e. The van der Waals surface area contributed by atoms with E-state index in [1.807, 2.05) is 43.4 Å². The average molecular weight is 448 g/mol. The van der Waals surface area contributed by atoms with Gasteiger partial charge in [0.15, 0.2) is 11.5 Å². The van der Waals surface area contributed by atoms with E-state index in [9.17, 15) is 0 Å². The van der Waals surface area contributed by atoms with Crippen molar-refractivity contribution in [3.8, 4) is 23.0 Å². The first-order valence-corrected chi connectivity index (χ1v) is 11.0. The molecule has 5 nitrogen and oxygen atoms in total. The molecule has 0 saturated heterocycles. The van der Waals surface area contributed by atoms with Crippen LogP contribution in [0.25, 0.3) is 6.08 Å². The molecule has 33 heavy (non-hydrogen) atoms. The van der Waals surface area contributed by atoms with Gasteiger partial charge in [-0.15, -0.1) is 0 Å². The first-order valence-electron chi connectivity index (χ1n) is 11.0. The van der Waals surface area contributed by atoms with Gasteiger partial charge < -0.3 is 24.3 Å². The smallest absolute Gasteiger partial charge is 0.161 e. The Morgan fingerprint density at radius 1 is 1.00 bits per heavy atom. The Hall–Kier alpha value is -3.44. The molecule has 0 fully saturated rings. The fourth-order valence-electron chi connectivity index (χ4n) is 3.71. The Balaban J connectivity index is 1.82. The van der Waals surface area contributed by atoms with Crippen molar-refractivity contribution in [2.45, 2.75) is 19.4 Å². The van der Waals surface area contributed by atoms with E-state index in [2.05, 4.69) is 36.2 Å². The molecule has 174 valence electrons. The van der Waals surface area contributed by atoms with E-state index in [1.54, 1.807) is 27.4 Å². The Bertz CT molecular complexity index is 1030. The molecule has 5 heteroatoms. The molecular weight excluding hydrogens is 414 g/mol. The Kier molecular flexibility index (Phi) is 8.79. The fourth-order valence-corrected chi connectivity index (χ4v) is 3.71. The van der Waals surface area contributed by atoms with Gasteiger partial charge >= 0.3 is 0 Å². The number of allylic oxidation sites excluding steroid dienone is 4. The summed E-state index contributed by atoms with van der Waals surface area (Å²) < 4.78 is 22.5. The van der Waals surface area contributed by atoms with Crippen LogP contribution in [0.2, 0.25) is 0 Å². The molecule has 1 N–H and O–H groups in total. The summed E-state index contributed by atoms with van der Waals surface area (Å²) in [6.45, 7) is 7.11. The minimum atomic E-state index is 0.0690. The molecule has 1 atom stereocenters. The summed E-state index contributed by atoms with van der Waals surface area (Å²) in [4.78, 5) is 0. The second-order valence-electron chi connectivity index (χ2n) is 7.81. The molecular formula is C28H33NO4. The number of ether oxygens (including phenoxy) is 4. The summed E-state index contributed by atoms with van der Waals surface area (Å²) >= 11 is 0. The maximum Gasteiger partial charge on any atom is 0.161 e. The highest BCUT2D eigenvalue weighted by Gasteiger charge is 2.21. The lowest BCUT2D eigenvalue weighted by Crippen LogP contribution is -2.28. The van der Waals surface area contributed by atoms with Crippen LogP contribution < -0.4 is 24.3 Å². The lowest BCUT2D eigenvalue weighted by molar-refractivity contribution is 0.318. The van der Waals surface area contributed by atoms with Gasteiger partial charge in [0.1, 0.15) is 18.1 Å². The zero-order valence-corrected chi connectivity index (χ0v) is 19.9. The maximum atomic E-state index is 6.08. The van der Waals surface area contributed by atoms with Crippen LogP contribution in [-0.4, -0.2) is 34.5 Å². The van der Waals surface area contributed by atoms with Crippen LogP contribution >= 0.6 is 0 Å². The third-order valence-corrected chi connectivity index (χ3v) is 5.46. The SMILES string of the molecule is C=C/C=C\C=C(/C)COc1cc2c(cc1OC)C(/C=C/c1cc(OC)cc(OC)c1)NCC2. The van der Waals surface area contributed by atoms with Crippen molar-refractivity contribution in [2.75, 3.05) is 34.5 Å². The van der Waals surface area contributed by atoms with Crippen molar-refractivity contribution in [1.29, 1.82) is 0 Å². The predicted octanol–water partition coefficient (Wildman–Crippen LogP) is 5.68. The van der Waals surface area contributed by atoms with Gasteiger partial charge in [-0.1, -0.05) is 43.0 Å². The van der Waals surface area contributed by atoms with Gasteiger partial charge in [0, 0.05) is 12.6 Å². The summed E-state index contributed by atoms with van der Waals surface area (Å²) in [6, 6.07) is 10.1. The lowest BCUT2D eigenvalue weighted by Gasteiger charge is -2.26. The van der Waals surface area contributed by atoms with Crippen molar-refractivity contribution in [3.63, 3.8) is 0 Å². The van der Waals surface area contributed by atoms with Crippen LogP contribution in [0.5, 0.6) is 23.0 Å². The van der Waals surface area contributed by atoms with E-state index in [-0.39, 0.29) is 6.04 Å². The van der Waals surface area contributed by atoms with E-state index < -0.39 is 0 Å². The number of benzene rings is 2. The Morgan fingerprint density at radius 3 is 2.42 bits per heavy atom. The van der Waals surface area contributed by atoms with Crippen molar-refractivity contribution in [1.82, 2.24) is 5.32 Å². The van der Waals surface area contributed by atoms with Crippen LogP contribution in [0.4, 0.5) is 0 Å². The maximum absolute atomic E-state index is 6.08. The van der Waals surface area contributed by atoms with Gasteiger partial charge in [0.25, 0.3) is 0 Å². The normalized spacial score (nSPS) is 16.0. The number of rotatable bonds is 10. The van der Waals surface area contributed by atoms with Crippen LogP contribution in [0.3, 0.4) is 0 Å². The number of hydrogen-bond donors (Lipinski definition) is 1. The summed E-state index contributed by atoms with van der Waals surface area (Å²) in [7, 11) is 4.98. The molecule has 1 unspecified atom stereocenters.